The summed E-state index contributed by atoms with van der Waals surface area (Å²) >= 11 is 0. The summed E-state index contributed by atoms with van der Waals surface area (Å²) < 4.78 is 11.2. The standard InChI is InChI=1S/C31H29N3O7/c1-16(2)15-41-24-11-9-19(12-17(24)3)27(35)25-26(18-6-5-7-21(13-18)40-4)34(29(37)28(25)36)31-32-22-10-8-20(30(38)39)14-23(22)33-31/h5-14,16,26,35H,15H2,1-4H3,(H,32,33)(H,38,39)/b27-25+. The Bertz CT molecular complexity index is 1720. The number of aromatic amines is 1. The zero-order valence-corrected chi connectivity index (χ0v) is 23.0. The van der Waals surface area contributed by atoms with Gasteiger partial charge in [0.15, 0.2) is 0 Å². The van der Waals surface area contributed by atoms with Crippen molar-refractivity contribution >= 4 is 40.4 Å². The Balaban J connectivity index is 1.66. The fraction of sp³-hybridized carbons (Fsp3) is 0.226. The summed E-state index contributed by atoms with van der Waals surface area (Å²) in [4.78, 5) is 47.2. The normalized spacial score (nSPS) is 16.5. The lowest BCUT2D eigenvalue weighted by atomic mass is 9.94. The molecule has 1 aliphatic rings. The summed E-state index contributed by atoms with van der Waals surface area (Å²) in [5.41, 5.74) is 2.31. The van der Waals surface area contributed by atoms with Crippen LogP contribution >= 0.6 is 0 Å². The number of carbonyl (C=O) groups excluding carboxylic acids is 2. The Morgan fingerprint density at radius 2 is 1.80 bits per heavy atom. The summed E-state index contributed by atoms with van der Waals surface area (Å²) in [7, 11) is 1.50. The zero-order valence-electron chi connectivity index (χ0n) is 23.0. The number of nitrogens with zero attached hydrogens (tertiary/aromatic N) is 2. The number of ketones is 1. The van der Waals surface area contributed by atoms with Crippen LogP contribution in [-0.4, -0.2) is 51.6 Å². The molecule has 41 heavy (non-hydrogen) atoms. The second-order valence-corrected chi connectivity index (χ2v) is 10.2. The van der Waals surface area contributed by atoms with Crippen molar-refractivity contribution in [2.75, 3.05) is 18.6 Å². The van der Waals surface area contributed by atoms with E-state index in [1.54, 1.807) is 42.5 Å². The molecule has 5 rings (SSSR count). The fourth-order valence-electron chi connectivity index (χ4n) is 4.79. The van der Waals surface area contributed by atoms with Crippen LogP contribution in [0.5, 0.6) is 11.5 Å². The molecular formula is C31H29N3O7. The van der Waals surface area contributed by atoms with Crippen molar-refractivity contribution in [1.82, 2.24) is 9.97 Å². The van der Waals surface area contributed by atoms with Gasteiger partial charge < -0.3 is 24.7 Å². The number of hydrogen-bond donors (Lipinski definition) is 3. The lowest BCUT2D eigenvalue weighted by Crippen LogP contribution is -2.30. The summed E-state index contributed by atoms with van der Waals surface area (Å²) in [6.07, 6.45) is 0. The van der Waals surface area contributed by atoms with Gasteiger partial charge in [0.25, 0.3) is 5.78 Å². The van der Waals surface area contributed by atoms with Crippen molar-refractivity contribution < 1.29 is 34.1 Å². The number of aliphatic hydroxyl groups excluding tert-OH is 1. The van der Waals surface area contributed by atoms with Crippen LogP contribution in [0, 0.1) is 12.8 Å². The summed E-state index contributed by atoms with van der Waals surface area (Å²) in [5, 5.41) is 20.9. The molecule has 1 saturated heterocycles. The minimum Gasteiger partial charge on any atom is -0.507 e. The van der Waals surface area contributed by atoms with Gasteiger partial charge in [-0.3, -0.25) is 14.5 Å². The van der Waals surface area contributed by atoms with Gasteiger partial charge in [-0.1, -0.05) is 26.0 Å². The van der Waals surface area contributed by atoms with Crippen LogP contribution in [-0.2, 0) is 9.59 Å². The lowest BCUT2D eigenvalue weighted by Gasteiger charge is -2.23. The first-order chi connectivity index (χ1) is 19.6. The maximum absolute atomic E-state index is 13.5. The van der Waals surface area contributed by atoms with Crippen LogP contribution in [0.1, 0.15) is 46.9 Å². The highest BCUT2D eigenvalue weighted by Crippen LogP contribution is 2.42. The van der Waals surface area contributed by atoms with E-state index in [0.29, 0.717) is 46.2 Å². The molecule has 10 heteroatoms. The molecule has 1 aliphatic heterocycles. The van der Waals surface area contributed by atoms with Crippen LogP contribution in [0.15, 0.2) is 66.2 Å². The first kappa shape index (κ1) is 27.4. The number of aromatic carboxylic acids is 1. The molecule has 4 aromatic rings. The van der Waals surface area contributed by atoms with E-state index in [1.165, 1.54) is 30.2 Å². The van der Waals surface area contributed by atoms with Crippen LogP contribution in [0.2, 0.25) is 0 Å². The van der Waals surface area contributed by atoms with Crippen molar-refractivity contribution in [3.63, 3.8) is 0 Å². The van der Waals surface area contributed by atoms with Crippen molar-refractivity contribution in [1.29, 1.82) is 0 Å². The second kappa shape index (κ2) is 10.8. The lowest BCUT2D eigenvalue weighted by molar-refractivity contribution is -0.132. The number of ether oxygens (including phenoxy) is 2. The van der Waals surface area contributed by atoms with Gasteiger partial charge in [0.1, 0.15) is 17.3 Å². The van der Waals surface area contributed by atoms with Gasteiger partial charge in [0.05, 0.1) is 41.9 Å². The van der Waals surface area contributed by atoms with Crippen LogP contribution < -0.4 is 14.4 Å². The first-order valence-electron chi connectivity index (χ1n) is 13.0. The molecule has 1 unspecified atom stereocenters. The summed E-state index contributed by atoms with van der Waals surface area (Å²) in [6.45, 7) is 6.45. The van der Waals surface area contributed by atoms with E-state index in [0.717, 1.165) is 5.56 Å². The number of carboxylic acid groups (broad SMARTS) is 1. The van der Waals surface area contributed by atoms with Gasteiger partial charge in [-0.15, -0.1) is 0 Å². The number of carbonyl (C=O) groups is 3. The molecule has 0 aliphatic carbocycles. The number of aliphatic hydroxyl groups is 1. The van der Waals surface area contributed by atoms with E-state index < -0.39 is 23.7 Å². The Kier molecular flexibility index (Phi) is 7.23. The number of Topliss-reactive ketones (excluding diaryl/α,β-unsaturated/α-hetero) is 1. The van der Waals surface area contributed by atoms with E-state index in [1.807, 2.05) is 20.8 Å². The minimum atomic E-state index is -1.12. The topological polar surface area (TPSA) is 142 Å². The molecule has 0 bridgehead atoms. The minimum absolute atomic E-state index is 0.0325. The molecule has 1 amide bonds. The monoisotopic (exact) mass is 555 g/mol. The number of benzene rings is 3. The SMILES string of the molecule is COc1cccc(C2/C(=C(\O)c3ccc(OCC(C)C)c(C)c3)C(=O)C(=O)N2c2nc3ccc(C(=O)O)cc3[nH]2)c1. The number of aryl methyl sites for hydroxylation is 1. The van der Waals surface area contributed by atoms with E-state index in [-0.39, 0.29) is 22.8 Å². The Labute approximate surface area is 235 Å². The first-order valence-corrected chi connectivity index (χ1v) is 13.0. The average Bonchev–Trinajstić information content (AvgIpc) is 3.49. The number of anilines is 1. The number of rotatable bonds is 8. The van der Waals surface area contributed by atoms with Crippen molar-refractivity contribution in [3.8, 4) is 11.5 Å². The highest BCUT2D eigenvalue weighted by Gasteiger charge is 2.48. The Hall–Kier alpha value is -5.12. The van der Waals surface area contributed by atoms with Crippen molar-refractivity contribution in [2.45, 2.75) is 26.8 Å². The molecule has 1 fully saturated rings. The van der Waals surface area contributed by atoms with Gasteiger partial charge >= 0.3 is 11.9 Å². The van der Waals surface area contributed by atoms with Gasteiger partial charge in [-0.25, -0.2) is 9.78 Å². The van der Waals surface area contributed by atoms with Gasteiger partial charge in [0, 0.05) is 5.56 Å². The summed E-state index contributed by atoms with van der Waals surface area (Å²) in [6, 6.07) is 15.2. The number of carboxylic acids is 1. The fourth-order valence-corrected chi connectivity index (χ4v) is 4.79. The van der Waals surface area contributed by atoms with Gasteiger partial charge in [0.2, 0.25) is 5.95 Å². The van der Waals surface area contributed by atoms with Crippen molar-refractivity contribution in [2.24, 2.45) is 5.92 Å². The zero-order chi connectivity index (χ0) is 29.4. The number of methoxy groups -OCH3 is 1. The van der Waals surface area contributed by atoms with E-state index >= 15 is 0 Å². The molecule has 2 heterocycles. The third-order valence-corrected chi connectivity index (χ3v) is 6.82. The number of H-pyrrole nitrogens is 1. The Morgan fingerprint density at radius 1 is 1.05 bits per heavy atom. The van der Waals surface area contributed by atoms with E-state index in [4.69, 9.17) is 9.47 Å². The molecule has 0 saturated carbocycles. The maximum atomic E-state index is 13.5. The molecule has 10 nitrogen and oxygen atoms in total. The van der Waals surface area contributed by atoms with E-state index in [2.05, 4.69) is 9.97 Å². The number of hydrogen-bond acceptors (Lipinski definition) is 7. The number of amides is 1. The number of imidazole rings is 1. The highest BCUT2D eigenvalue weighted by molar-refractivity contribution is 6.51. The predicted octanol–water partition coefficient (Wildman–Crippen LogP) is 5.24. The Morgan fingerprint density at radius 3 is 2.49 bits per heavy atom. The highest BCUT2D eigenvalue weighted by atomic mass is 16.5. The molecule has 1 aromatic heterocycles. The van der Waals surface area contributed by atoms with Crippen molar-refractivity contribution in [3.05, 3.63) is 88.5 Å². The molecule has 3 aromatic carbocycles. The van der Waals surface area contributed by atoms with Gasteiger partial charge in [-0.05, 0) is 72.5 Å². The molecule has 3 N–H and O–H groups in total. The smallest absolute Gasteiger partial charge is 0.335 e. The molecular weight excluding hydrogens is 526 g/mol. The number of fused-ring (bicyclic) bond motifs is 1. The third-order valence-electron chi connectivity index (χ3n) is 6.82. The maximum Gasteiger partial charge on any atom is 0.335 e. The molecule has 0 radical (unpaired) electrons. The largest absolute Gasteiger partial charge is 0.507 e. The quantitative estimate of drug-likeness (QED) is 0.152. The number of nitrogens with one attached hydrogen (secondary N) is 1. The van der Waals surface area contributed by atoms with Gasteiger partial charge in [-0.2, -0.15) is 0 Å². The molecule has 1 atom stereocenters. The number of aromatic nitrogens is 2. The summed E-state index contributed by atoms with van der Waals surface area (Å²) in [5.74, 6) is -1.74. The third kappa shape index (κ3) is 5.11. The molecule has 210 valence electrons. The average molecular weight is 556 g/mol. The van der Waals surface area contributed by atoms with Crippen LogP contribution in [0.25, 0.3) is 16.8 Å². The second-order valence-electron chi connectivity index (χ2n) is 10.2. The van der Waals surface area contributed by atoms with Crippen LogP contribution in [0.4, 0.5) is 5.95 Å². The predicted molar refractivity (Wildman–Crippen MR) is 152 cm³/mol. The van der Waals surface area contributed by atoms with Crippen LogP contribution in [0.3, 0.4) is 0 Å². The van der Waals surface area contributed by atoms with E-state index in [9.17, 15) is 24.6 Å². The molecule has 0 spiro atoms.